The van der Waals surface area contributed by atoms with E-state index in [9.17, 15) is 4.79 Å². The van der Waals surface area contributed by atoms with Gasteiger partial charge in [-0.2, -0.15) is 0 Å². The van der Waals surface area contributed by atoms with Crippen molar-refractivity contribution in [1.29, 1.82) is 0 Å². The molecule has 1 unspecified atom stereocenters. The van der Waals surface area contributed by atoms with Crippen LogP contribution in [0.4, 0.5) is 0 Å². The smallest absolute Gasteiger partial charge is 0.163 e. The molecule has 3 nitrogen and oxygen atoms in total. The molecule has 0 aromatic heterocycles. The van der Waals surface area contributed by atoms with Crippen LogP contribution in [-0.2, 0) is 9.53 Å². The summed E-state index contributed by atoms with van der Waals surface area (Å²) < 4.78 is 4.97. The SMILES string of the molecule is C=C/C=C\C=C(/C)COC(N)C=O. The molecule has 0 fully saturated rings. The predicted molar refractivity (Wildman–Crippen MR) is 53.1 cm³/mol. The summed E-state index contributed by atoms with van der Waals surface area (Å²) in [7, 11) is 0. The van der Waals surface area contributed by atoms with Crippen molar-refractivity contribution < 1.29 is 9.53 Å². The molecule has 0 bridgehead atoms. The number of ether oxygens (including phenoxy) is 1. The summed E-state index contributed by atoms with van der Waals surface area (Å²) in [6, 6.07) is 0. The highest BCUT2D eigenvalue weighted by molar-refractivity contribution is 5.54. The lowest BCUT2D eigenvalue weighted by Gasteiger charge is -2.05. The number of aldehydes is 1. The number of carbonyl (C=O) groups is 1. The summed E-state index contributed by atoms with van der Waals surface area (Å²) in [5, 5.41) is 0. The summed E-state index contributed by atoms with van der Waals surface area (Å²) in [4.78, 5) is 10.1. The van der Waals surface area contributed by atoms with Gasteiger partial charge in [0.2, 0.25) is 0 Å². The molecule has 72 valence electrons. The summed E-state index contributed by atoms with van der Waals surface area (Å²) in [6.45, 7) is 5.79. The van der Waals surface area contributed by atoms with Gasteiger partial charge in [-0.05, 0) is 12.5 Å². The van der Waals surface area contributed by atoms with Crippen LogP contribution in [0.15, 0.2) is 36.5 Å². The van der Waals surface area contributed by atoms with E-state index in [4.69, 9.17) is 10.5 Å². The van der Waals surface area contributed by atoms with E-state index in [0.717, 1.165) is 5.57 Å². The first kappa shape index (κ1) is 11.8. The van der Waals surface area contributed by atoms with E-state index in [1.165, 1.54) is 0 Å². The number of carbonyl (C=O) groups excluding carboxylic acids is 1. The molecule has 0 spiro atoms. The molecule has 3 heteroatoms. The second kappa shape index (κ2) is 7.46. The van der Waals surface area contributed by atoms with Crippen LogP contribution < -0.4 is 5.73 Å². The average Bonchev–Trinajstić information content (AvgIpc) is 2.14. The lowest BCUT2D eigenvalue weighted by atomic mass is 10.3. The van der Waals surface area contributed by atoms with E-state index in [1.54, 1.807) is 6.08 Å². The Morgan fingerprint density at radius 1 is 1.62 bits per heavy atom. The maximum absolute atomic E-state index is 10.1. The van der Waals surface area contributed by atoms with Crippen LogP contribution in [-0.4, -0.2) is 19.1 Å². The van der Waals surface area contributed by atoms with Crippen LogP contribution in [0, 0.1) is 0 Å². The van der Waals surface area contributed by atoms with Gasteiger partial charge in [-0.1, -0.05) is 30.9 Å². The van der Waals surface area contributed by atoms with Crippen molar-refractivity contribution in [1.82, 2.24) is 0 Å². The molecule has 0 amide bonds. The fraction of sp³-hybridized carbons (Fsp3) is 0.300. The Morgan fingerprint density at radius 2 is 2.31 bits per heavy atom. The van der Waals surface area contributed by atoms with Crippen LogP contribution in [0.3, 0.4) is 0 Å². The van der Waals surface area contributed by atoms with Gasteiger partial charge >= 0.3 is 0 Å². The van der Waals surface area contributed by atoms with Crippen LogP contribution in [0.5, 0.6) is 0 Å². The minimum absolute atomic E-state index is 0.362. The maximum Gasteiger partial charge on any atom is 0.163 e. The normalized spacial score (nSPS) is 14.5. The number of rotatable bonds is 6. The molecule has 0 saturated carbocycles. The molecule has 0 aromatic rings. The molecule has 0 radical (unpaired) electrons. The molecule has 0 heterocycles. The molecule has 0 aliphatic rings. The first-order valence-electron chi connectivity index (χ1n) is 3.98. The molecule has 1 atom stereocenters. The fourth-order valence-corrected chi connectivity index (χ4v) is 0.613. The van der Waals surface area contributed by atoms with E-state index < -0.39 is 6.23 Å². The predicted octanol–water partition coefficient (Wildman–Crippen LogP) is 1.18. The second-order valence-corrected chi connectivity index (χ2v) is 2.55. The quantitative estimate of drug-likeness (QED) is 0.380. The molecule has 0 aliphatic heterocycles. The largest absolute Gasteiger partial charge is 0.352 e. The van der Waals surface area contributed by atoms with Crippen molar-refractivity contribution in [3.63, 3.8) is 0 Å². The summed E-state index contributed by atoms with van der Waals surface area (Å²) in [5.74, 6) is 0. The van der Waals surface area contributed by atoms with Crippen LogP contribution in [0.2, 0.25) is 0 Å². The van der Waals surface area contributed by atoms with E-state index in [1.807, 2.05) is 25.2 Å². The highest BCUT2D eigenvalue weighted by Gasteiger charge is 1.97. The van der Waals surface area contributed by atoms with Gasteiger partial charge in [-0.3, -0.25) is 10.5 Å². The lowest BCUT2D eigenvalue weighted by molar-refractivity contribution is -0.117. The third kappa shape index (κ3) is 7.18. The molecular weight excluding hydrogens is 166 g/mol. The third-order valence-corrected chi connectivity index (χ3v) is 1.27. The van der Waals surface area contributed by atoms with Crippen molar-refractivity contribution in [3.8, 4) is 0 Å². The van der Waals surface area contributed by atoms with E-state index in [0.29, 0.717) is 12.9 Å². The highest BCUT2D eigenvalue weighted by Crippen LogP contribution is 1.95. The first-order valence-corrected chi connectivity index (χ1v) is 3.98. The molecule has 0 aliphatic carbocycles. The number of nitrogens with two attached hydrogens (primary N) is 1. The Morgan fingerprint density at radius 3 is 2.85 bits per heavy atom. The Bertz CT molecular complexity index is 219. The average molecular weight is 181 g/mol. The van der Waals surface area contributed by atoms with Gasteiger partial charge in [0.05, 0.1) is 6.61 Å². The summed E-state index contributed by atoms with van der Waals surface area (Å²) in [5.41, 5.74) is 6.22. The summed E-state index contributed by atoms with van der Waals surface area (Å²) >= 11 is 0. The van der Waals surface area contributed by atoms with Crippen LogP contribution >= 0.6 is 0 Å². The topological polar surface area (TPSA) is 52.3 Å². The van der Waals surface area contributed by atoms with E-state index in [-0.39, 0.29) is 0 Å². The standard InChI is InChI=1S/C10H15NO2/c1-3-4-5-6-9(2)8-13-10(11)7-12/h3-7,10H,1,8,11H2,2H3/b5-4-,9-6+. The zero-order chi connectivity index (χ0) is 10.1. The van der Waals surface area contributed by atoms with Gasteiger partial charge in [-0.15, -0.1) is 0 Å². The number of allylic oxidation sites excluding steroid dienone is 4. The minimum Gasteiger partial charge on any atom is -0.352 e. The van der Waals surface area contributed by atoms with Gasteiger partial charge in [-0.25, -0.2) is 0 Å². The van der Waals surface area contributed by atoms with Gasteiger partial charge in [0.25, 0.3) is 0 Å². The molecule has 0 rings (SSSR count). The Kier molecular flexibility index (Phi) is 6.78. The van der Waals surface area contributed by atoms with Gasteiger partial charge in [0, 0.05) is 0 Å². The third-order valence-electron chi connectivity index (χ3n) is 1.27. The Balaban J connectivity index is 3.78. The van der Waals surface area contributed by atoms with E-state index >= 15 is 0 Å². The highest BCUT2D eigenvalue weighted by atomic mass is 16.5. The zero-order valence-corrected chi connectivity index (χ0v) is 7.77. The lowest BCUT2D eigenvalue weighted by Crippen LogP contribution is -2.25. The van der Waals surface area contributed by atoms with Crippen molar-refractivity contribution in [3.05, 3.63) is 36.5 Å². The minimum atomic E-state index is -0.827. The molecule has 2 N–H and O–H groups in total. The first-order chi connectivity index (χ1) is 6.20. The molecular formula is C10H15NO2. The molecule has 0 aromatic carbocycles. The zero-order valence-electron chi connectivity index (χ0n) is 7.77. The fourth-order valence-electron chi connectivity index (χ4n) is 0.613. The second-order valence-electron chi connectivity index (χ2n) is 2.55. The molecule has 13 heavy (non-hydrogen) atoms. The Labute approximate surface area is 78.6 Å². The van der Waals surface area contributed by atoms with Gasteiger partial charge < -0.3 is 4.74 Å². The summed E-state index contributed by atoms with van der Waals surface area (Å²) in [6.07, 6.45) is 6.95. The van der Waals surface area contributed by atoms with Gasteiger partial charge in [0.1, 0.15) is 0 Å². The van der Waals surface area contributed by atoms with Crippen molar-refractivity contribution in [2.75, 3.05) is 6.61 Å². The number of hydrogen-bond acceptors (Lipinski definition) is 3. The van der Waals surface area contributed by atoms with Crippen molar-refractivity contribution >= 4 is 6.29 Å². The van der Waals surface area contributed by atoms with Crippen LogP contribution in [0.25, 0.3) is 0 Å². The van der Waals surface area contributed by atoms with Crippen LogP contribution in [0.1, 0.15) is 6.92 Å². The van der Waals surface area contributed by atoms with Crippen molar-refractivity contribution in [2.45, 2.75) is 13.2 Å². The van der Waals surface area contributed by atoms with Gasteiger partial charge in [0.15, 0.2) is 12.5 Å². The molecule has 0 saturated heterocycles. The maximum atomic E-state index is 10.1. The number of hydrogen-bond donors (Lipinski definition) is 1. The van der Waals surface area contributed by atoms with Crippen molar-refractivity contribution in [2.24, 2.45) is 5.73 Å². The Hall–Kier alpha value is -1.19. The monoisotopic (exact) mass is 181 g/mol. The van der Waals surface area contributed by atoms with E-state index in [2.05, 4.69) is 6.58 Å².